The highest BCUT2D eigenvalue weighted by atomic mass is 35.5. The molecular weight excluding hydrogens is 304 g/mol. The summed E-state index contributed by atoms with van der Waals surface area (Å²) < 4.78 is 4.92. The molecule has 1 fully saturated rings. The van der Waals surface area contributed by atoms with Gasteiger partial charge in [0.1, 0.15) is 0 Å². The van der Waals surface area contributed by atoms with Crippen LogP contribution in [-0.4, -0.2) is 30.1 Å². The Labute approximate surface area is 133 Å². The Bertz CT molecular complexity index is 667. The molecule has 0 aromatic heterocycles. The summed E-state index contributed by atoms with van der Waals surface area (Å²) in [5.74, 6) is -0.451. The average molecular weight is 321 g/mol. The van der Waals surface area contributed by atoms with Crippen LogP contribution in [0.1, 0.15) is 31.4 Å². The minimum atomic E-state index is -0.594. The molecule has 6 heteroatoms. The van der Waals surface area contributed by atoms with Crippen molar-refractivity contribution in [3.05, 3.63) is 46.1 Å². The highest BCUT2D eigenvalue weighted by Gasteiger charge is 2.42. The molecule has 5 nitrogen and oxygen atoms in total. The highest BCUT2D eigenvalue weighted by Crippen LogP contribution is 2.39. The number of hydrogen-bond donors (Lipinski definition) is 1. The third kappa shape index (κ3) is 2.46. The number of ether oxygens (including phenoxy) is 1. The zero-order valence-electron chi connectivity index (χ0n) is 12.4. The fourth-order valence-electron chi connectivity index (χ4n) is 2.85. The van der Waals surface area contributed by atoms with Gasteiger partial charge in [0.15, 0.2) is 0 Å². The lowest BCUT2D eigenvalue weighted by molar-refractivity contribution is -0.136. The molecule has 1 aliphatic heterocycles. The largest absolute Gasteiger partial charge is 0.466 e. The van der Waals surface area contributed by atoms with Gasteiger partial charge in [-0.3, -0.25) is 4.90 Å². The van der Waals surface area contributed by atoms with Gasteiger partial charge in [-0.15, -0.1) is 0 Å². The molecule has 3 rings (SSSR count). The van der Waals surface area contributed by atoms with Gasteiger partial charge in [0.05, 0.1) is 18.7 Å². The van der Waals surface area contributed by atoms with Crippen molar-refractivity contribution in [2.45, 2.75) is 31.8 Å². The van der Waals surface area contributed by atoms with Gasteiger partial charge in [0.2, 0.25) is 0 Å². The van der Waals surface area contributed by atoms with Crippen LogP contribution in [-0.2, 0) is 9.53 Å². The number of urea groups is 1. The van der Waals surface area contributed by atoms with Gasteiger partial charge in [-0.2, -0.15) is 0 Å². The number of benzene rings is 1. The Hall–Kier alpha value is -2.01. The molecule has 1 atom stereocenters. The monoisotopic (exact) mass is 320 g/mol. The van der Waals surface area contributed by atoms with Crippen molar-refractivity contribution in [2.24, 2.45) is 0 Å². The minimum Gasteiger partial charge on any atom is -0.466 e. The lowest BCUT2D eigenvalue weighted by Crippen LogP contribution is -2.48. The number of methoxy groups -OCH3 is 1. The van der Waals surface area contributed by atoms with Crippen molar-refractivity contribution in [3.8, 4) is 0 Å². The topological polar surface area (TPSA) is 58.6 Å². The Morgan fingerprint density at radius 2 is 2.05 bits per heavy atom. The van der Waals surface area contributed by atoms with Gasteiger partial charge in [-0.25, -0.2) is 9.59 Å². The molecule has 116 valence electrons. The SMILES string of the molecule is COC(=O)C1=C(C)N(C2CC2)C(=O)NC1c1ccccc1Cl. The maximum Gasteiger partial charge on any atom is 0.337 e. The number of carbonyl (C=O) groups excluding carboxylic acids is 2. The summed E-state index contributed by atoms with van der Waals surface area (Å²) in [5, 5.41) is 3.39. The number of rotatable bonds is 3. The fraction of sp³-hybridized carbons (Fsp3) is 0.375. The molecule has 22 heavy (non-hydrogen) atoms. The maximum atomic E-state index is 12.4. The molecule has 0 saturated heterocycles. The van der Waals surface area contributed by atoms with E-state index in [4.69, 9.17) is 16.3 Å². The van der Waals surface area contributed by atoms with Crippen LogP contribution in [0.2, 0.25) is 5.02 Å². The summed E-state index contributed by atoms with van der Waals surface area (Å²) in [6.07, 6.45) is 1.91. The quantitative estimate of drug-likeness (QED) is 0.871. The van der Waals surface area contributed by atoms with E-state index in [-0.39, 0.29) is 12.1 Å². The highest BCUT2D eigenvalue weighted by molar-refractivity contribution is 6.31. The van der Waals surface area contributed by atoms with Crippen LogP contribution in [0.15, 0.2) is 35.5 Å². The lowest BCUT2D eigenvalue weighted by Gasteiger charge is -2.35. The number of nitrogens with zero attached hydrogens (tertiary/aromatic N) is 1. The molecule has 0 spiro atoms. The number of nitrogens with one attached hydrogen (secondary N) is 1. The molecule has 0 radical (unpaired) electrons. The van der Waals surface area contributed by atoms with Crippen LogP contribution in [0.4, 0.5) is 4.79 Å². The number of amides is 2. The summed E-state index contributed by atoms with van der Waals surface area (Å²) in [5.41, 5.74) is 1.76. The van der Waals surface area contributed by atoms with E-state index < -0.39 is 12.0 Å². The van der Waals surface area contributed by atoms with Crippen LogP contribution in [0.25, 0.3) is 0 Å². The van der Waals surface area contributed by atoms with E-state index >= 15 is 0 Å². The number of esters is 1. The zero-order chi connectivity index (χ0) is 15.9. The van der Waals surface area contributed by atoms with Crippen molar-refractivity contribution in [2.75, 3.05) is 7.11 Å². The van der Waals surface area contributed by atoms with Crippen LogP contribution in [0, 0.1) is 0 Å². The third-order valence-corrected chi connectivity index (χ3v) is 4.40. The van der Waals surface area contributed by atoms with Crippen molar-refractivity contribution >= 4 is 23.6 Å². The van der Waals surface area contributed by atoms with Crippen molar-refractivity contribution in [1.82, 2.24) is 10.2 Å². The number of hydrogen-bond acceptors (Lipinski definition) is 3. The molecule has 2 aliphatic rings. The van der Waals surface area contributed by atoms with Gasteiger partial charge >= 0.3 is 12.0 Å². The lowest BCUT2D eigenvalue weighted by atomic mass is 9.95. The van der Waals surface area contributed by atoms with Crippen LogP contribution in [0.5, 0.6) is 0 Å². The number of allylic oxidation sites excluding steroid dienone is 1. The summed E-state index contributed by atoms with van der Waals surface area (Å²) >= 11 is 6.24. The van der Waals surface area contributed by atoms with Gasteiger partial charge in [0, 0.05) is 16.8 Å². The van der Waals surface area contributed by atoms with E-state index in [1.807, 2.05) is 6.07 Å². The molecule has 1 N–H and O–H groups in total. The van der Waals surface area contributed by atoms with Gasteiger partial charge in [-0.05, 0) is 31.4 Å². The smallest absolute Gasteiger partial charge is 0.337 e. The molecule has 1 aromatic rings. The molecule has 1 heterocycles. The van der Waals surface area contributed by atoms with Crippen molar-refractivity contribution in [1.29, 1.82) is 0 Å². The molecule has 0 bridgehead atoms. The zero-order valence-corrected chi connectivity index (χ0v) is 13.2. The van der Waals surface area contributed by atoms with Gasteiger partial charge < -0.3 is 10.1 Å². The van der Waals surface area contributed by atoms with E-state index in [1.165, 1.54) is 7.11 Å². The second-order valence-corrected chi connectivity index (χ2v) is 5.90. The molecule has 1 unspecified atom stereocenters. The van der Waals surface area contributed by atoms with Crippen LogP contribution in [0.3, 0.4) is 0 Å². The van der Waals surface area contributed by atoms with Crippen molar-refractivity contribution < 1.29 is 14.3 Å². The molecule has 1 aromatic carbocycles. The molecule has 1 aliphatic carbocycles. The second-order valence-electron chi connectivity index (χ2n) is 5.50. The van der Waals surface area contributed by atoms with Gasteiger partial charge in [-0.1, -0.05) is 29.8 Å². The van der Waals surface area contributed by atoms with Crippen molar-refractivity contribution in [3.63, 3.8) is 0 Å². The van der Waals surface area contributed by atoms with Gasteiger partial charge in [0.25, 0.3) is 0 Å². The Morgan fingerprint density at radius 1 is 1.36 bits per heavy atom. The number of halogens is 1. The Balaban J connectivity index is 2.11. The summed E-state index contributed by atoms with van der Waals surface area (Å²) in [7, 11) is 1.34. The first-order valence-corrected chi connectivity index (χ1v) is 7.55. The van der Waals surface area contributed by atoms with E-state index in [0.29, 0.717) is 21.9 Å². The molecular formula is C16H17ClN2O3. The first-order valence-electron chi connectivity index (χ1n) is 7.17. The van der Waals surface area contributed by atoms with E-state index in [9.17, 15) is 9.59 Å². The molecule has 1 saturated carbocycles. The van der Waals surface area contributed by atoms with Crippen LogP contribution < -0.4 is 5.32 Å². The number of carbonyl (C=O) groups is 2. The molecule has 2 amide bonds. The van der Waals surface area contributed by atoms with E-state index in [0.717, 1.165) is 12.8 Å². The summed E-state index contributed by atoms with van der Waals surface area (Å²) in [6.45, 7) is 1.78. The predicted molar refractivity (Wildman–Crippen MR) is 82.3 cm³/mol. The first-order chi connectivity index (χ1) is 10.5. The Kier molecular flexibility index (Phi) is 3.83. The Morgan fingerprint density at radius 3 is 2.64 bits per heavy atom. The average Bonchev–Trinajstić information content (AvgIpc) is 3.31. The second kappa shape index (κ2) is 5.65. The summed E-state index contributed by atoms with van der Waals surface area (Å²) in [4.78, 5) is 26.3. The maximum absolute atomic E-state index is 12.4. The van der Waals surface area contributed by atoms with E-state index in [1.54, 1.807) is 30.0 Å². The normalized spacial score (nSPS) is 21.7. The minimum absolute atomic E-state index is 0.173. The summed E-state index contributed by atoms with van der Waals surface area (Å²) in [6, 6.07) is 6.55. The fourth-order valence-corrected chi connectivity index (χ4v) is 3.09. The van der Waals surface area contributed by atoms with E-state index in [2.05, 4.69) is 5.32 Å². The standard InChI is InChI=1S/C16H17ClN2O3/c1-9-13(15(20)22-2)14(11-5-3-4-6-12(11)17)18-16(21)19(9)10-7-8-10/h3-6,10,14H,7-8H2,1-2H3,(H,18,21). The first kappa shape index (κ1) is 14.9. The predicted octanol–water partition coefficient (Wildman–Crippen LogP) is 3.02. The third-order valence-electron chi connectivity index (χ3n) is 4.06. The van der Waals surface area contributed by atoms with Crippen LogP contribution >= 0.6 is 11.6 Å².